The number of benzene rings is 1. The van der Waals surface area contributed by atoms with Crippen LogP contribution in [-0.2, 0) is 0 Å². The van der Waals surface area contributed by atoms with Crippen LogP contribution in [0.15, 0.2) is 36.7 Å². The highest BCUT2D eigenvalue weighted by molar-refractivity contribution is 5.85. The molecule has 3 rings (SSSR count). The van der Waals surface area contributed by atoms with E-state index >= 15 is 0 Å². The van der Waals surface area contributed by atoms with Crippen molar-refractivity contribution in [3.05, 3.63) is 36.7 Å². The van der Waals surface area contributed by atoms with Crippen molar-refractivity contribution >= 4 is 28.6 Å². The molecule has 0 aliphatic heterocycles. The maximum Gasteiger partial charge on any atom is 0.226 e. The number of anilines is 3. The fraction of sp³-hybridized carbons (Fsp3) is 0.0833. The Bertz CT molecular complexity index is 661. The van der Waals surface area contributed by atoms with Crippen LogP contribution in [0.4, 0.5) is 17.5 Å². The van der Waals surface area contributed by atoms with E-state index in [-0.39, 0.29) is 0 Å². The summed E-state index contributed by atoms with van der Waals surface area (Å²) >= 11 is 0. The van der Waals surface area contributed by atoms with Crippen LogP contribution in [0.2, 0.25) is 0 Å². The number of para-hydroxylation sites is 1. The van der Waals surface area contributed by atoms with Gasteiger partial charge >= 0.3 is 0 Å². The molecule has 6 heteroatoms. The Labute approximate surface area is 104 Å². The minimum atomic E-state index is 0.535. The lowest BCUT2D eigenvalue weighted by atomic mass is 10.3. The van der Waals surface area contributed by atoms with Gasteiger partial charge in [-0.3, -0.25) is 0 Å². The predicted octanol–water partition coefficient (Wildman–Crippen LogP) is 2.14. The maximum absolute atomic E-state index is 4.38. The Hall–Kier alpha value is -2.63. The lowest BCUT2D eigenvalue weighted by Gasteiger charge is -2.07. The number of aromatic amines is 1. The Balaban J connectivity index is 2.07. The molecule has 0 spiro atoms. The summed E-state index contributed by atoms with van der Waals surface area (Å²) in [6, 6.07) is 9.85. The first-order chi connectivity index (χ1) is 8.86. The zero-order chi connectivity index (χ0) is 12.4. The average Bonchev–Trinajstić information content (AvgIpc) is 2.88. The third kappa shape index (κ3) is 1.84. The first-order valence-electron chi connectivity index (χ1n) is 5.58. The van der Waals surface area contributed by atoms with E-state index in [1.54, 1.807) is 13.4 Å². The largest absolute Gasteiger partial charge is 0.357 e. The van der Waals surface area contributed by atoms with Gasteiger partial charge in [-0.15, -0.1) is 0 Å². The highest BCUT2D eigenvalue weighted by Gasteiger charge is 2.09. The second-order valence-corrected chi connectivity index (χ2v) is 3.74. The Morgan fingerprint density at radius 2 is 1.94 bits per heavy atom. The second-order valence-electron chi connectivity index (χ2n) is 3.74. The van der Waals surface area contributed by atoms with E-state index in [4.69, 9.17) is 0 Å². The zero-order valence-corrected chi connectivity index (χ0v) is 9.81. The van der Waals surface area contributed by atoms with Gasteiger partial charge in [-0.05, 0) is 12.1 Å². The van der Waals surface area contributed by atoms with E-state index in [9.17, 15) is 0 Å². The standard InChI is InChI=1S/C12H12N6/c1-13-12-17-10-9(14-7-15-10)11(18-12)16-8-5-3-2-4-6-8/h2-7H,1H3,(H3,13,14,15,16,17,18). The molecule has 0 fully saturated rings. The molecule has 90 valence electrons. The van der Waals surface area contributed by atoms with Crippen molar-refractivity contribution < 1.29 is 0 Å². The van der Waals surface area contributed by atoms with Gasteiger partial charge in [0, 0.05) is 12.7 Å². The monoisotopic (exact) mass is 240 g/mol. The highest BCUT2D eigenvalue weighted by atomic mass is 15.2. The van der Waals surface area contributed by atoms with Crippen LogP contribution in [0.1, 0.15) is 0 Å². The van der Waals surface area contributed by atoms with Crippen LogP contribution >= 0.6 is 0 Å². The van der Waals surface area contributed by atoms with Crippen molar-refractivity contribution in [2.75, 3.05) is 17.7 Å². The van der Waals surface area contributed by atoms with Gasteiger partial charge in [0.15, 0.2) is 11.5 Å². The third-order valence-corrected chi connectivity index (χ3v) is 2.55. The molecule has 0 radical (unpaired) electrons. The number of nitrogens with one attached hydrogen (secondary N) is 3. The summed E-state index contributed by atoms with van der Waals surface area (Å²) in [7, 11) is 1.78. The van der Waals surface area contributed by atoms with Crippen LogP contribution in [0.5, 0.6) is 0 Å². The van der Waals surface area contributed by atoms with Crippen molar-refractivity contribution in [2.24, 2.45) is 0 Å². The lowest BCUT2D eigenvalue weighted by Crippen LogP contribution is -2.01. The molecule has 0 atom stereocenters. The average molecular weight is 240 g/mol. The Kier molecular flexibility index (Phi) is 2.53. The highest BCUT2D eigenvalue weighted by Crippen LogP contribution is 2.22. The quantitative estimate of drug-likeness (QED) is 0.653. The van der Waals surface area contributed by atoms with Crippen molar-refractivity contribution in [1.29, 1.82) is 0 Å². The first-order valence-corrected chi connectivity index (χ1v) is 5.58. The van der Waals surface area contributed by atoms with E-state index in [2.05, 4.69) is 30.6 Å². The van der Waals surface area contributed by atoms with Crippen LogP contribution in [0.25, 0.3) is 11.2 Å². The molecule has 1 aromatic carbocycles. The first kappa shape index (κ1) is 10.5. The number of hydrogen-bond acceptors (Lipinski definition) is 5. The van der Waals surface area contributed by atoms with Gasteiger partial charge in [-0.1, -0.05) is 18.2 Å². The van der Waals surface area contributed by atoms with Crippen LogP contribution < -0.4 is 10.6 Å². The summed E-state index contributed by atoms with van der Waals surface area (Å²) in [4.78, 5) is 15.8. The molecular formula is C12H12N6. The SMILES string of the molecule is CNc1nc(Nc2ccccc2)c2[nH]cnc2n1. The van der Waals surface area contributed by atoms with Gasteiger partial charge in [-0.2, -0.15) is 9.97 Å². The van der Waals surface area contributed by atoms with Crippen LogP contribution in [0.3, 0.4) is 0 Å². The van der Waals surface area contributed by atoms with Gasteiger partial charge in [-0.25, -0.2) is 4.98 Å². The summed E-state index contributed by atoms with van der Waals surface area (Å²) in [5.41, 5.74) is 2.39. The lowest BCUT2D eigenvalue weighted by molar-refractivity contribution is 1.18. The molecule has 2 heterocycles. The molecule has 0 aliphatic rings. The molecule has 18 heavy (non-hydrogen) atoms. The van der Waals surface area contributed by atoms with Crippen molar-refractivity contribution in [3.8, 4) is 0 Å². The maximum atomic E-state index is 4.38. The summed E-state index contributed by atoms with van der Waals surface area (Å²) in [6.45, 7) is 0. The number of imidazole rings is 1. The Morgan fingerprint density at radius 3 is 2.72 bits per heavy atom. The van der Waals surface area contributed by atoms with Crippen molar-refractivity contribution in [3.63, 3.8) is 0 Å². The van der Waals surface area contributed by atoms with E-state index in [0.717, 1.165) is 11.2 Å². The number of hydrogen-bond donors (Lipinski definition) is 3. The number of nitrogens with zero attached hydrogens (tertiary/aromatic N) is 3. The van der Waals surface area contributed by atoms with Crippen molar-refractivity contribution in [1.82, 2.24) is 19.9 Å². The minimum Gasteiger partial charge on any atom is -0.357 e. The van der Waals surface area contributed by atoms with Gasteiger partial charge < -0.3 is 15.6 Å². The van der Waals surface area contributed by atoms with Gasteiger partial charge in [0.05, 0.1) is 6.33 Å². The minimum absolute atomic E-state index is 0.535. The van der Waals surface area contributed by atoms with Crippen LogP contribution in [0, 0.1) is 0 Å². The number of fused-ring (bicyclic) bond motifs is 1. The molecule has 6 nitrogen and oxygen atoms in total. The predicted molar refractivity (Wildman–Crippen MR) is 71.0 cm³/mol. The van der Waals surface area contributed by atoms with E-state index in [1.165, 1.54) is 0 Å². The number of rotatable bonds is 3. The topological polar surface area (TPSA) is 78.5 Å². The van der Waals surface area contributed by atoms with Gasteiger partial charge in [0.1, 0.15) is 5.52 Å². The molecule has 2 aromatic heterocycles. The molecule has 0 amide bonds. The van der Waals surface area contributed by atoms with Gasteiger partial charge in [0.2, 0.25) is 5.95 Å². The van der Waals surface area contributed by atoms with Gasteiger partial charge in [0.25, 0.3) is 0 Å². The fourth-order valence-corrected chi connectivity index (χ4v) is 1.69. The number of aromatic nitrogens is 4. The molecule has 0 bridgehead atoms. The van der Waals surface area contributed by atoms with Crippen LogP contribution in [-0.4, -0.2) is 27.0 Å². The summed E-state index contributed by atoms with van der Waals surface area (Å²) in [5.74, 6) is 1.24. The Morgan fingerprint density at radius 1 is 1.11 bits per heavy atom. The molecule has 0 saturated carbocycles. The van der Waals surface area contributed by atoms with E-state index < -0.39 is 0 Å². The number of H-pyrrole nitrogens is 1. The third-order valence-electron chi connectivity index (χ3n) is 2.55. The second kappa shape index (κ2) is 4.33. The smallest absolute Gasteiger partial charge is 0.226 e. The molecule has 3 N–H and O–H groups in total. The van der Waals surface area contributed by atoms with E-state index in [0.29, 0.717) is 17.4 Å². The zero-order valence-electron chi connectivity index (χ0n) is 9.81. The molecule has 0 aliphatic carbocycles. The normalized spacial score (nSPS) is 10.5. The summed E-state index contributed by atoms with van der Waals surface area (Å²) < 4.78 is 0. The molecule has 3 aromatic rings. The van der Waals surface area contributed by atoms with E-state index in [1.807, 2.05) is 30.3 Å². The summed E-state index contributed by atoms with van der Waals surface area (Å²) in [6.07, 6.45) is 1.61. The van der Waals surface area contributed by atoms with Crippen molar-refractivity contribution in [2.45, 2.75) is 0 Å². The fourth-order valence-electron chi connectivity index (χ4n) is 1.69. The molecule has 0 saturated heterocycles. The molecule has 0 unspecified atom stereocenters. The molecular weight excluding hydrogens is 228 g/mol. The summed E-state index contributed by atoms with van der Waals surface area (Å²) in [5, 5.41) is 6.16.